The highest BCUT2D eigenvalue weighted by molar-refractivity contribution is 6.42. The molecular weight excluding hydrogens is 475 g/mol. The largest absolute Gasteiger partial charge is 0.493 e. The van der Waals surface area contributed by atoms with Crippen molar-refractivity contribution >= 4 is 35.0 Å². The smallest absolute Gasteiger partial charge is 0.242 e. The maximum atomic E-state index is 13.4. The van der Waals surface area contributed by atoms with Crippen molar-refractivity contribution in [1.82, 2.24) is 10.2 Å². The molecule has 6 nitrogen and oxygen atoms in total. The molecule has 184 valence electrons. The molecule has 2 amide bonds. The number of aryl methyl sites for hydroxylation is 1. The van der Waals surface area contributed by atoms with Crippen molar-refractivity contribution < 1.29 is 19.1 Å². The third-order valence-electron chi connectivity index (χ3n) is 6.28. The molecule has 1 atom stereocenters. The van der Waals surface area contributed by atoms with Gasteiger partial charge in [0.1, 0.15) is 6.04 Å². The fourth-order valence-corrected chi connectivity index (χ4v) is 4.56. The van der Waals surface area contributed by atoms with Gasteiger partial charge in [-0.1, -0.05) is 48.2 Å². The van der Waals surface area contributed by atoms with Crippen LogP contribution in [0.25, 0.3) is 0 Å². The molecule has 0 aliphatic heterocycles. The van der Waals surface area contributed by atoms with Gasteiger partial charge in [-0.05, 0) is 61.6 Å². The van der Waals surface area contributed by atoms with Crippen molar-refractivity contribution in [2.45, 2.75) is 64.1 Å². The Kier molecular flexibility index (Phi) is 9.48. The van der Waals surface area contributed by atoms with Crippen molar-refractivity contribution in [2.75, 3.05) is 14.2 Å². The van der Waals surface area contributed by atoms with E-state index in [4.69, 9.17) is 32.7 Å². The maximum absolute atomic E-state index is 13.4. The number of benzene rings is 2. The average Bonchev–Trinajstić information content (AvgIpc) is 3.35. The molecule has 0 saturated heterocycles. The standard InChI is InChI=1S/C26H32Cl2N2O4/c1-17(26(32)29-20-6-4-5-7-20)30(16-19-8-11-21(27)22(28)14-19)25(31)13-10-18-9-12-23(33-2)24(15-18)34-3/h8-9,11-12,14-15,17,20H,4-7,10,13,16H2,1-3H3,(H,29,32)/t17-/m0/s1. The highest BCUT2D eigenvalue weighted by Gasteiger charge is 2.28. The fraction of sp³-hybridized carbons (Fsp3) is 0.462. The SMILES string of the molecule is COc1ccc(CCC(=O)N(Cc2ccc(Cl)c(Cl)c2)[C@@H](C)C(=O)NC2CCCC2)cc1OC. The molecule has 0 unspecified atom stereocenters. The maximum Gasteiger partial charge on any atom is 0.242 e. The third-order valence-corrected chi connectivity index (χ3v) is 7.02. The molecule has 2 aromatic carbocycles. The molecule has 0 heterocycles. The van der Waals surface area contributed by atoms with Crippen LogP contribution in [0.5, 0.6) is 11.5 Å². The van der Waals surface area contributed by atoms with Crippen LogP contribution in [0.15, 0.2) is 36.4 Å². The molecule has 1 aliphatic rings. The number of amides is 2. The molecule has 34 heavy (non-hydrogen) atoms. The quantitative estimate of drug-likeness (QED) is 0.467. The van der Waals surface area contributed by atoms with Crippen LogP contribution in [0, 0.1) is 0 Å². The number of halogens is 2. The normalized spacial score (nSPS) is 14.5. The minimum Gasteiger partial charge on any atom is -0.493 e. The first-order chi connectivity index (χ1) is 16.3. The monoisotopic (exact) mass is 506 g/mol. The number of hydrogen-bond donors (Lipinski definition) is 1. The summed E-state index contributed by atoms with van der Waals surface area (Å²) in [5, 5.41) is 3.98. The predicted molar refractivity (Wildman–Crippen MR) is 135 cm³/mol. The van der Waals surface area contributed by atoms with E-state index in [9.17, 15) is 9.59 Å². The molecule has 1 fully saturated rings. The lowest BCUT2D eigenvalue weighted by Gasteiger charge is -2.30. The zero-order valence-electron chi connectivity index (χ0n) is 19.9. The first kappa shape index (κ1) is 26.2. The van der Waals surface area contributed by atoms with Gasteiger partial charge in [-0.2, -0.15) is 0 Å². The predicted octanol–water partition coefficient (Wildman–Crippen LogP) is 5.42. The number of rotatable bonds is 10. The topological polar surface area (TPSA) is 67.9 Å². The van der Waals surface area contributed by atoms with Crippen LogP contribution in [0.1, 0.15) is 50.2 Å². The second-order valence-electron chi connectivity index (χ2n) is 8.63. The first-order valence-electron chi connectivity index (χ1n) is 11.6. The molecular formula is C26H32Cl2N2O4. The summed E-state index contributed by atoms with van der Waals surface area (Å²) in [5.74, 6) is 1.00. The number of hydrogen-bond acceptors (Lipinski definition) is 4. The first-order valence-corrected chi connectivity index (χ1v) is 12.3. The van der Waals surface area contributed by atoms with E-state index in [0.29, 0.717) is 28.0 Å². The molecule has 0 spiro atoms. The van der Waals surface area contributed by atoms with E-state index in [-0.39, 0.29) is 30.8 Å². The summed E-state index contributed by atoms with van der Waals surface area (Å²) in [6.07, 6.45) is 4.97. The van der Waals surface area contributed by atoms with Gasteiger partial charge in [0.05, 0.1) is 24.3 Å². The second-order valence-corrected chi connectivity index (χ2v) is 9.44. The Bertz CT molecular complexity index is 1010. The zero-order valence-corrected chi connectivity index (χ0v) is 21.4. The zero-order chi connectivity index (χ0) is 24.7. The van der Waals surface area contributed by atoms with Gasteiger partial charge in [0, 0.05) is 19.0 Å². The number of carbonyl (C=O) groups is 2. The number of ether oxygens (including phenoxy) is 2. The third kappa shape index (κ3) is 6.80. The van der Waals surface area contributed by atoms with Crippen LogP contribution >= 0.6 is 23.2 Å². The van der Waals surface area contributed by atoms with E-state index in [0.717, 1.165) is 36.8 Å². The van der Waals surface area contributed by atoms with Crippen LogP contribution in [-0.4, -0.2) is 43.0 Å². The number of nitrogens with zero attached hydrogens (tertiary/aromatic N) is 1. The van der Waals surface area contributed by atoms with Gasteiger partial charge < -0.3 is 19.7 Å². The van der Waals surface area contributed by atoms with Crippen molar-refractivity contribution in [2.24, 2.45) is 0 Å². The summed E-state index contributed by atoms with van der Waals surface area (Å²) in [7, 11) is 3.16. The van der Waals surface area contributed by atoms with Gasteiger partial charge in [0.15, 0.2) is 11.5 Å². The lowest BCUT2D eigenvalue weighted by molar-refractivity contribution is -0.140. The molecule has 0 aromatic heterocycles. The van der Waals surface area contributed by atoms with E-state index in [2.05, 4.69) is 5.32 Å². The van der Waals surface area contributed by atoms with E-state index >= 15 is 0 Å². The van der Waals surface area contributed by atoms with Crippen molar-refractivity contribution in [3.8, 4) is 11.5 Å². The number of nitrogens with one attached hydrogen (secondary N) is 1. The summed E-state index contributed by atoms with van der Waals surface area (Å²) >= 11 is 12.2. The van der Waals surface area contributed by atoms with Crippen LogP contribution < -0.4 is 14.8 Å². The second kappa shape index (κ2) is 12.3. The summed E-state index contributed by atoms with van der Waals surface area (Å²) in [4.78, 5) is 28.0. The molecule has 1 N–H and O–H groups in total. The number of methoxy groups -OCH3 is 2. The van der Waals surface area contributed by atoms with Crippen LogP contribution in [0.4, 0.5) is 0 Å². The fourth-order valence-electron chi connectivity index (χ4n) is 4.24. The van der Waals surface area contributed by atoms with Crippen LogP contribution in [-0.2, 0) is 22.6 Å². The number of carbonyl (C=O) groups excluding carboxylic acids is 2. The molecule has 8 heteroatoms. The highest BCUT2D eigenvalue weighted by atomic mass is 35.5. The van der Waals surface area contributed by atoms with Crippen molar-refractivity contribution in [1.29, 1.82) is 0 Å². The average molecular weight is 507 g/mol. The molecule has 0 bridgehead atoms. The van der Waals surface area contributed by atoms with Gasteiger partial charge >= 0.3 is 0 Å². The molecule has 2 aromatic rings. The molecule has 3 rings (SSSR count). The lowest BCUT2D eigenvalue weighted by Crippen LogP contribution is -2.49. The summed E-state index contributed by atoms with van der Waals surface area (Å²) in [6, 6.07) is 10.4. The highest BCUT2D eigenvalue weighted by Crippen LogP contribution is 2.28. The van der Waals surface area contributed by atoms with E-state index in [1.807, 2.05) is 24.3 Å². The van der Waals surface area contributed by atoms with Gasteiger partial charge in [-0.3, -0.25) is 9.59 Å². The van der Waals surface area contributed by atoms with Crippen LogP contribution in [0.2, 0.25) is 10.0 Å². The Labute approximate surface area is 211 Å². The Hall–Kier alpha value is -2.44. The van der Waals surface area contributed by atoms with Gasteiger partial charge in [-0.25, -0.2) is 0 Å². The Morgan fingerprint density at radius 1 is 1.00 bits per heavy atom. The molecule has 0 radical (unpaired) electrons. The summed E-state index contributed by atoms with van der Waals surface area (Å²) in [5.41, 5.74) is 1.76. The molecule has 1 aliphatic carbocycles. The van der Waals surface area contributed by atoms with E-state index in [1.165, 1.54) is 0 Å². The minimum atomic E-state index is -0.618. The van der Waals surface area contributed by atoms with E-state index in [1.54, 1.807) is 38.2 Å². The van der Waals surface area contributed by atoms with E-state index < -0.39 is 6.04 Å². The van der Waals surface area contributed by atoms with Crippen LogP contribution in [0.3, 0.4) is 0 Å². The van der Waals surface area contributed by atoms with Gasteiger partial charge in [0.2, 0.25) is 11.8 Å². The lowest BCUT2D eigenvalue weighted by atomic mass is 10.1. The Morgan fingerprint density at radius 2 is 1.68 bits per heavy atom. The molecule has 1 saturated carbocycles. The Morgan fingerprint density at radius 3 is 2.32 bits per heavy atom. The summed E-state index contributed by atoms with van der Waals surface area (Å²) in [6.45, 7) is 2.04. The van der Waals surface area contributed by atoms with Crippen molar-refractivity contribution in [3.05, 3.63) is 57.6 Å². The minimum absolute atomic E-state index is 0.116. The Balaban J connectivity index is 1.74. The van der Waals surface area contributed by atoms with Gasteiger partial charge in [-0.15, -0.1) is 0 Å². The summed E-state index contributed by atoms with van der Waals surface area (Å²) < 4.78 is 10.7. The van der Waals surface area contributed by atoms with Crippen molar-refractivity contribution in [3.63, 3.8) is 0 Å². The van der Waals surface area contributed by atoms with Gasteiger partial charge in [0.25, 0.3) is 0 Å².